The van der Waals surface area contributed by atoms with Crippen LogP contribution in [-0.2, 0) is 10.0 Å². The van der Waals surface area contributed by atoms with E-state index in [4.69, 9.17) is 10.00 Å². The molecule has 0 aliphatic rings. The molecular weight excluding hydrogens is 344 g/mol. The maximum atomic E-state index is 12.3. The van der Waals surface area contributed by atoms with Crippen molar-refractivity contribution in [1.29, 1.82) is 5.26 Å². The van der Waals surface area contributed by atoms with Gasteiger partial charge >= 0.3 is 0 Å². The molecule has 2 N–H and O–H groups in total. The first kappa shape index (κ1) is 18.4. The van der Waals surface area contributed by atoms with Crippen LogP contribution >= 0.6 is 0 Å². The lowest BCUT2D eigenvalue weighted by Crippen LogP contribution is -2.25. The number of sulfonamides is 1. The Morgan fingerprint density at radius 3 is 2.76 bits per heavy atom. The van der Waals surface area contributed by atoms with Gasteiger partial charge in [-0.25, -0.2) is 18.1 Å². The third kappa shape index (κ3) is 5.00. The quantitative estimate of drug-likeness (QED) is 0.722. The topological polar surface area (TPSA) is 121 Å². The number of methoxy groups -OCH3 is 1. The van der Waals surface area contributed by atoms with Gasteiger partial charge in [-0.2, -0.15) is 5.26 Å². The number of ether oxygens (including phenoxy) is 1. The minimum atomic E-state index is -3.78. The van der Waals surface area contributed by atoms with E-state index in [9.17, 15) is 13.2 Å². The highest BCUT2D eigenvalue weighted by Crippen LogP contribution is 2.15. The fraction of sp³-hybridized carbons (Fsp3) is 0.188. The molecule has 0 spiro atoms. The van der Waals surface area contributed by atoms with Crippen LogP contribution in [0.1, 0.15) is 16.8 Å². The number of nitrogens with one attached hydrogen (secondary N) is 2. The average molecular weight is 360 g/mol. The zero-order valence-electron chi connectivity index (χ0n) is 13.4. The van der Waals surface area contributed by atoms with Crippen molar-refractivity contribution in [3.8, 4) is 11.9 Å². The number of benzene rings is 1. The van der Waals surface area contributed by atoms with Crippen molar-refractivity contribution >= 4 is 21.6 Å². The second-order valence-electron chi connectivity index (χ2n) is 4.88. The lowest BCUT2D eigenvalue weighted by Gasteiger charge is -2.08. The average Bonchev–Trinajstić information content (AvgIpc) is 2.62. The Kier molecular flexibility index (Phi) is 6.05. The summed E-state index contributed by atoms with van der Waals surface area (Å²) in [5, 5.41) is 11.1. The van der Waals surface area contributed by atoms with Crippen molar-refractivity contribution in [2.24, 2.45) is 0 Å². The van der Waals surface area contributed by atoms with E-state index in [1.807, 2.05) is 6.07 Å². The van der Waals surface area contributed by atoms with Crippen molar-refractivity contribution in [2.45, 2.75) is 11.3 Å². The molecule has 25 heavy (non-hydrogen) atoms. The van der Waals surface area contributed by atoms with Crippen LogP contribution in [0.2, 0.25) is 0 Å². The highest BCUT2D eigenvalue weighted by Gasteiger charge is 2.16. The van der Waals surface area contributed by atoms with Crippen LogP contribution < -0.4 is 14.8 Å². The Labute approximate surface area is 145 Å². The number of hydrogen-bond acceptors (Lipinski definition) is 6. The summed E-state index contributed by atoms with van der Waals surface area (Å²) in [5.41, 5.74) is 0.630. The van der Waals surface area contributed by atoms with Gasteiger partial charge in [0.25, 0.3) is 5.91 Å². The van der Waals surface area contributed by atoms with Gasteiger partial charge in [-0.15, -0.1) is 0 Å². The molecule has 0 fully saturated rings. The van der Waals surface area contributed by atoms with Crippen LogP contribution in [0, 0.1) is 11.3 Å². The molecule has 0 unspecified atom stereocenters. The number of pyridine rings is 1. The number of nitrogens with zero attached hydrogens (tertiary/aromatic N) is 2. The molecule has 0 aliphatic carbocycles. The molecular formula is C16H16N4O4S. The summed E-state index contributed by atoms with van der Waals surface area (Å²) >= 11 is 0. The summed E-state index contributed by atoms with van der Waals surface area (Å²) in [6.07, 6.45) is 1.49. The highest BCUT2D eigenvalue weighted by atomic mass is 32.2. The number of carbonyl (C=O) groups excluding carboxylic acids is 1. The Hall–Kier alpha value is -2.96. The summed E-state index contributed by atoms with van der Waals surface area (Å²) < 4.78 is 31.5. The molecule has 8 nitrogen and oxygen atoms in total. The molecule has 0 aliphatic heterocycles. The van der Waals surface area contributed by atoms with E-state index in [1.165, 1.54) is 37.6 Å². The van der Waals surface area contributed by atoms with Gasteiger partial charge in [0.2, 0.25) is 15.9 Å². The van der Waals surface area contributed by atoms with Gasteiger partial charge in [0, 0.05) is 24.6 Å². The molecule has 0 bridgehead atoms. The molecule has 1 heterocycles. The van der Waals surface area contributed by atoms with Gasteiger partial charge in [-0.05, 0) is 24.3 Å². The van der Waals surface area contributed by atoms with Crippen molar-refractivity contribution in [3.05, 3.63) is 48.2 Å². The first-order valence-corrected chi connectivity index (χ1v) is 8.72. The molecule has 2 aromatic rings. The zero-order valence-corrected chi connectivity index (χ0v) is 14.2. The fourth-order valence-electron chi connectivity index (χ4n) is 1.91. The summed E-state index contributed by atoms with van der Waals surface area (Å²) in [4.78, 5) is 16.2. The highest BCUT2D eigenvalue weighted by molar-refractivity contribution is 7.89. The lowest BCUT2D eigenvalue weighted by molar-refractivity contribution is 0.102. The van der Waals surface area contributed by atoms with Crippen molar-refractivity contribution in [1.82, 2.24) is 9.71 Å². The molecule has 0 saturated heterocycles. The molecule has 0 saturated carbocycles. The molecule has 1 aromatic heterocycles. The van der Waals surface area contributed by atoms with E-state index in [1.54, 1.807) is 12.1 Å². The standard InChI is InChI=1S/C16H16N4O4S/c1-24-15-7-6-13(11-18-15)20-16(21)12-4-2-5-14(10-12)25(22,23)19-9-3-8-17/h2,4-7,10-11,19H,3,9H2,1H3,(H,20,21). The van der Waals surface area contributed by atoms with E-state index < -0.39 is 15.9 Å². The van der Waals surface area contributed by atoms with E-state index >= 15 is 0 Å². The summed E-state index contributed by atoms with van der Waals surface area (Å²) in [6, 6.07) is 10.7. The SMILES string of the molecule is COc1ccc(NC(=O)c2cccc(S(=O)(=O)NCCC#N)c2)cn1. The van der Waals surface area contributed by atoms with Crippen LogP contribution in [0.15, 0.2) is 47.5 Å². The second kappa shape index (κ2) is 8.23. The number of aromatic nitrogens is 1. The van der Waals surface area contributed by atoms with Crippen molar-refractivity contribution < 1.29 is 17.9 Å². The third-order valence-electron chi connectivity index (χ3n) is 3.14. The van der Waals surface area contributed by atoms with Crippen LogP contribution in [0.25, 0.3) is 0 Å². The van der Waals surface area contributed by atoms with Gasteiger partial charge in [-0.1, -0.05) is 6.07 Å². The molecule has 130 valence electrons. The number of anilines is 1. The smallest absolute Gasteiger partial charge is 0.255 e. The predicted molar refractivity (Wildman–Crippen MR) is 90.6 cm³/mol. The van der Waals surface area contributed by atoms with E-state index in [-0.39, 0.29) is 23.4 Å². The normalized spacial score (nSPS) is 10.7. The summed E-state index contributed by atoms with van der Waals surface area (Å²) in [7, 11) is -2.30. The van der Waals surface area contributed by atoms with Crippen LogP contribution in [0.5, 0.6) is 5.88 Å². The number of carbonyl (C=O) groups is 1. The number of rotatable bonds is 7. The third-order valence-corrected chi connectivity index (χ3v) is 4.60. The predicted octanol–water partition coefficient (Wildman–Crippen LogP) is 1.53. The summed E-state index contributed by atoms with van der Waals surface area (Å²) in [5.74, 6) is -0.0597. The Morgan fingerprint density at radius 1 is 1.32 bits per heavy atom. The van der Waals surface area contributed by atoms with Crippen molar-refractivity contribution in [3.63, 3.8) is 0 Å². The first-order valence-electron chi connectivity index (χ1n) is 7.24. The maximum Gasteiger partial charge on any atom is 0.255 e. The fourth-order valence-corrected chi connectivity index (χ4v) is 2.98. The van der Waals surface area contributed by atoms with E-state index in [0.717, 1.165) is 0 Å². The van der Waals surface area contributed by atoms with E-state index in [2.05, 4.69) is 15.0 Å². The Balaban J connectivity index is 2.14. The largest absolute Gasteiger partial charge is 0.481 e. The van der Waals surface area contributed by atoms with Gasteiger partial charge in [0.15, 0.2) is 0 Å². The minimum Gasteiger partial charge on any atom is -0.481 e. The van der Waals surface area contributed by atoms with Gasteiger partial charge in [0.05, 0.1) is 30.0 Å². The maximum absolute atomic E-state index is 12.3. The number of nitriles is 1. The molecule has 1 aromatic carbocycles. The lowest BCUT2D eigenvalue weighted by atomic mass is 10.2. The molecule has 2 rings (SSSR count). The second-order valence-corrected chi connectivity index (χ2v) is 6.64. The summed E-state index contributed by atoms with van der Waals surface area (Å²) in [6.45, 7) is 0.00672. The monoisotopic (exact) mass is 360 g/mol. The molecule has 1 amide bonds. The number of hydrogen-bond donors (Lipinski definition) is 2. The zero-order chi connectivity index (χ0) is 18.3. The van der Waals surface area contributed by atoms with Crippen LogP contribution in [0.4, 0.5) is 5.69 Å². The van der Waals surface area contributed by atoms with Crippen LogP contribution in [-0.4, -0.2) is 33.0 Å². The Morgan fingerprint density at radius 2 is 2.12 bits per heavy atom. The molecule has 9 heteroatoms. The van der Waals surface area contributed by atoms with Gasteiger partial charge in [0.1, 0.15) is 0 Å². The van der Waals surface area contributed by atoms with Crippen molar-refractivity contribution in [2.75, 3.05) is 19.0 Å². The van der Waals surface area contributed by atoms with Crippen LogP contribution in [0.3, 0.4) is 0 Å². The molecule has 0 atom stereocenters. The number of amides is 1. The minimum absolute atomic E-state index is 0.00672. The van der Waals surface area contributed by atoms with E-state index in [0.29, 0.717) is 11.6 Å². The molecule has 0 radical (unpaired) electrons. The Bertz CT molecular complexity index is 889. The van der Waals surface area contributed by atoms with Gasteiger partial charge in [-0.3, -0.25) is 4.79 Å². The first-order chi connectivity index (χ1) is 12.0. The van der Waals surface area contributed by atoms with Gasteiger partial charge < -0.3 is 10.1 Å².